The lowest BCUT2D eigenvalue weighted by atomic mass is 10.1. The van der Waals surface area contributed by atoms with Crippen molar-refractivity contribution in [3.63, 3.8) is 0 Å². The minimum absolute atomic E-state index is 0.0708. The fourth-order valence-electron chi connectivity index (χ4n) is 2.50. The lowest BCUT2D eigenvalue weighted by Crippen LogP contribution is -2.38. The second-order valence-corrected chi connectivity index (χ2v) is 11.3. The number of phosphoric ester groups is 1. The van der Waals surface area contributed by atoms with Crippen LogP contribution in [0.25, 0.3) is 0 Å². The molecule has 0 bridgehead atoms. The number of hydrogen-bond acceptors (Lipinski definition) is 13. The Hall–Kier alpha value is -0.680. The van der Waals surface area contributed by atoms with Crippen molar-refractivity contribution in [2.45, 2.75) is 24.5 Å². The summed E-state index contributed by atoms with van der Waals surface area (Å²) in [4.78, 5) is 51.4. The van der Waals surface area contributed by atoms with Gasteiger partial charge < -0.3 is 39.9 Å². The van der Waals surface area contributed by atoms with Gasteiger partial charge in [0.1, 0.15) is 24.1 Å². The summed E-state index contributed by atoms with van der Waals surface area (Å²) < 4.78 is 57.5. The van der Waals surface area contributed by atoms with E-state index >= 15 is 0 Å². The van der Waals surface area contributed by atoms with E-state index in [4.69, 9.17) is 29.9 Å². The lowest BCUT2D eigenvalue weighted by Gasteiger charge is -2.21. The molecule has 1 aromatic heterocycles. The van der Waals surface area contributed by atoms with Crippen LogP contribution in [0.15, 0.2) is 17.1 Å². The van der Waals surface area contributed by atoms with Crippen LogP contribution in [0.4, 0.5) is 5.82 Å². The van der Waals surface area contributed by atoms with Crippen molar-refractivity contribution < 1.29 is 61.0 Å². The Morgan fingerprint density at radius 3 is 2.44 bits per heavy atom. The molecule has 17 nitrogen and oxygen atoms in total. The van der Waals surface area contributed by atoms with Gasteiger partial charge in [0.25, 0.3) is 0 Å². The van der Waals surface area contributed by atoms with E-state index in [2.05, 4.69) is 18.1 Å². The molecule has 1 fully saturated rings. The second-order valence-electron chi connectivity index (χ2n) is 6.02. The number of phosphoric acid groups is 3. The van der Waals surface area contributed by atoms with Crippen LogP contribution < -0.4 is 11.4 Å². The summed E-state index contributed by atoms with van der Waals surface area (Å²) in [5.41, 5.74) is 4.60. The monoisotopic (exact) mass is 543 g/mol. The molecule has 1 aliphatic heterocycles. The first kappa shape index (κ1) is 27.6. The van der Waals surface area contributed by atoms with Gasteiger partial charge in [-0.15, -0.1) is 11.8 Å². The highest BCUT2D eigenvalue weighted by Crippen LogP contribution is 2.66. The fourth-order valence-corrected chi connectivity index (χ4v) is 5.82. The van der Waals surface area contributed by atoms with E-state index < -0.39 is 60.3 Å². The van der Waals surface area contributed by atoms with Crippen LogP contribution >= 0.6 is 35.2 Å². The highest BCUT2D eigenvalue weighted by atomic mass is 32.2. The minimum Gasteiger partial charge on any atom is -0.387 e. The van der Waals surface area contributed by atoms with Crippen molar-refractivity contribution in [3.8, 4) is 0 Å². The number of nitrogen functional groups attached to an aromatic ring is 1. The van der Waals surface area contributed by atoms with E-state index in [9.17, 15) is 28.5 Å². The minimum atomic E-state index is -5.71. The van der Waals surface area contributed by atoms with E-state index in [-0.39, 0.29) is 11.8 Å². The van der Waals surface area contributed by atoms with Crippen molar-refractivity contribution in [3.05, 3.63) is 22.7 Å². The lowest BCUT2D eigenvalue weighted by molar-refractivity contribution is -0.0643. The number of aromatic nitrogens is 2. The molecule has 32 heavy (non-hydrogen) atoms. The highest BCUT2D eigenvalue weighted by Gasteiger charge is 2.48. The predicted octanol–water partition coefficient (Wildman–Crippen LogP) is -0.867. The quantitative estimate of drug-likeness (QED) is 0.146. The Kier molecular flexibility index (Phi) is 9.23. The van der Waals surface area contributed by atoms with Crippen LogP contribution in [0, 0.1) is 0 Å². The van der Waals surface area contributed by atoms with E-state index in [0.717, 1.165) is 4.57 Å². The standard InChI is InChI=1S/C11H20N3O14P3S/c1-32-5-24-9-8(15)6(26-10(9)14-3-2-7(12)13-11(14)16)4-25-30(20,21)28-31(22,23)27-29(17,18)19/h2-3,6,8-10,15H,4-5H2,1H3,(H,20,21)(H,22,23)(H2,12,13,16)(H2,17,18,19)/t6-,8-,9-,10-/m1/s1. The molecule has 0 spiro atoms. The maximum Gasteiger partial charge on any atom is 0.490 e. The van der Waals surface area contributed by atoms with Gasteiger partial charge in [-0.05, 0) is 12.3 Å². The number of anilines is 1. The first-order valence-corrected chi connectivity index (χ1v) is 14.1. The maximum absolute atomic E-state index is 12.1. The molecule has 6 atom stereocenters. The Morgan fingerprint density at radius 2 is 1.88 bits per heavy atom. The number of aliphatic hydroxyl groups is 1. The maximum atomic E-state index is 12.1. The number of nitrogens with two attached hydrogens (primary N) is 1. The number of aliphatic hydroxyl groups excluding tert-OH is 1. The zero-order valence-corrected chi connectivity index (χ0v) is 19.5. The zero-order chi connectivity index (χ0) is 24.3. The molecule has 0 aromatic carbocycles. The summed E-state index contributed by atoms with van der Waals surface area (Å²) in [5, 5.41) is 10.5. The third kappa shape index (κ3) is 7.97. The molecule has 0 amide bonds. The Morgan fingerprint density at radius 1 is 1.22 bits per heavy atom. The molecule has 21 heteroatoms. The van der Waals surface area contributed by atoms with E-state index in [1.807, 2.05) is 0 Å². The Labute approximate surface area is 183 Å². The second kappa shape index (κ2) is 10.7. The Balaban J connectivity index is 2.14. The molecule has 0 aliphatic carbocycles. The van der Waals surface area contributed by atoms with Crippen LogP contribution in [-0.4, -0.2) is 71.3 Å². The van der Waals surface area contributed by atoms with Crippen molar-refractivity contribution in [1.29, 1.82) is 0 Å². The van der Waals surface area contributed by atoms with Gasteiger partial charge in [-0.1, -0.05) is 0 Å². The van der Waals surface area contributed by atoms with Gasteiger partial charge in [0.2, 0.25) is 0 Å². The average molecular weight is 543 g/mol. The molecule has 0 saturated carbocycles. The first-order valence-electron chi connectivity index (χ1n) is 8.21. The van der Waals surface area contributed by atoms with Gasteiger partial charge in [-0.3, -0.25) is 9.09 Å². The molecule has 1 aromatic rings. The first-order chi connectivity index (χ1) is 14.6. The molecule has 2 heterocycles. The molecule has 1 aliphatic rings. The van der Waals surface area contributed by atoms with E-state index in [1.165, 1.54) is 24.0 Å². The van der Waals surface area contributed by atoms with E-state index in [0.29, 0.717) is 0 Å². The number of thioether (sulfide) groups is 1. The number of ether oxygens (including phenoxy) is 2. The van der Waals surface area contributed by atoms with Crippen LogP contribution in [0.1, 0.15) is 6.23 Å². The summed E-state index contributed by atoms with van der Waals surface area (Å²) in [7, 11) is -16.7. The third-order valence-electron chi connectivity index (χ3n) is 3.63. The predicted molar refractivity (Wildman–Crippen MR) is 106 cm³/mol. The molecule has 0 radical (unpaired) electrons. The van der Waals surface area contributed by atoms with Gasteiger partial charge in [0.05, 0.1) is 12.5 Å². The molecule has 184 valence electrons. The highest BCUT2D eigenvalue weighted by molar-refractivity contribution is 7.98. The summed E-state index contributed by atoms with van der Waals surface area (Å²) in [6, 6.07) is 1.28. The Bertz CT molecular complexity index is 1000. The largest absolute Gasteiger partial charge is 0.490 e. The number of hydrogen-bond donors (Lipinski definition) is 6. The van der Waals surface area contributed by atoms with Crippen molar-refractivity contribution in [1.82, 2.24) is 9.55 Å². The number of nitrogens with zero attached hydrogens (tertiary/aromatic N) is 2. The summed E-state index contributed by atoms with van der Waals surface area (Å²) in [5.74, 6) is -0.00277. The van der Waals surface area contributed by atoms with Crippen molar-refractivity contribution >= 4 is 41.0 Å². The van der Waals surface area contributed by atoms with Crippen molar-refractivity contribution in [2.24, 2.45) is 0 Å². The molecule has 2 rings (SSSR count). The molecular formula is C11H20N3O14P3S. The van der Waals surface area contributed by atoms with Gasteiger partial charge in [0.15, 0.2) is 6.23 Å². The van der Waals surface area contributed by atoms with Crippen molar-refractivity contribution in [2.75, 3.05) is 24.5 Å². The number of rotatable bonds is 11. The smallest absolute Gasteiger partial charge is 0.387 e. The van der Waals surface area contributed by atoms with Crippen LogP contribution in [0.3, 0.4) is 0 Å². The van der Waals surface area contributed by atoms with Crippen LogP contribution in [0.5, 0.6) is 0 Å². The normalized spacial score (nSPS) is 27.7. The van der Waals surface area contributed by atoms with Crippen LogP contribution in [-0.2, 0) is 36.3 Å². The van der Waals surface area contributed by atoms with Crippen LogP contribution in [0.2, 0.25) is 0 Å². The van der Waals surface area contributed by atoms with Gasteiger partial charge in [-0.2, -0.15) is 13.6 Å². The molecule has 2 unspecified atom stereocenters. The summed E-state index contributed by atoms with van der Waals surface area (Å²) >= 11 is 1.24. The summed E-state index contributed by atoms with van der Waals surface area (Å²) in [6.07, 6.45) is -2.44. The summed E-state index contributed by atoms with van der Waals surface area (Å²) in [6.45, 7) is -0.933. The fraction of sp³-hybridized carbons (Fsp3) is 0.636. The molecule has 1 saturated heterocycles. The SMILES string of the molecule is CSCO[C@@H]1[C@H](O)[C@@H](COP(=O)(O)OP(=O)(O)OP(=O)(O)O)O[C@H]1n1ccc(N)nc1=O. The van der Waals surface area contributed by atoms with Gasteiger partial charge in [-0.25, -0.2) is 18.5 Å². The van der Waals surface area contributed by atoms with Gasteiger partial charge >= 0.3 is 29.2 Å². The van der Waals surface area contributed by atoms with Gasteiger partial charge in [0, 0.05) is 6.20 Å². The third-order valence-corrected chi connectivity index (χ3v) is 7.81. The average Bonchev–Trinajstić information content (AvgIpc) is 2.91. The zero-order valence-electron chi connectivity index (χ0n) is 16.0. The van der Waals surface area contributed by atoms with E-state index in [1.54, 1.807) is 6.26 Å². The molecular weight excluding hydrogens is 523 g/mol. The topological polar surface area (TPSA) is 259 Å². The molecule has 7 N–H and O–H groups in total.